The molecule has 0 amide bonds. The average molecular weight is 440 g/mol. The molecule has 0 spiro atoms. The van der Waals surface area contributed by atoms with E-state index in [0.717, 1.165) is 28.9 Å². The highest BCUT2D eigenvalue weighted by Crippen LogP contribution is 2.34. The maximum Gasteiger partial charge on any atom is 0.160 e. The predicted octanol–water partition coefficient (Wildman–Crippen LogP) is 6.04. The number of aliphatic hydroxyl groups is 1. The van der Waals surface area contributed by atoms with Gasteiger partial charge in [-0.3, -0.25) is 0 Å². The summed E-state index contributed by atoms with van der Waals surface area (Å²) in [4.78, 5) is 1.15. The van der Waals surface area contributed by atoms with E-state index in [1.54, 1.807) is 26.0 Å². The van der Waals surface area contributed by atoms with E-state index in [2.05, 4.69) is 25.1 Å². The van der Waals surface area contributed by atoms with E-state index in [1.165, 1.54) is 0 Å². The standard InChI is InChI=1S/C26H33NO3S/c1-19(11-14-25(26(2,3)28)31-22-9-7-6-8-10-22)15-21(18-27)16-20-12-13-23(29-4)24(17-20)30-5/h6-10,12-13,15,17,21,25,28H,11,14,16H2,1-5H3/b19-15+. The Balaban J connectivity index is 2.03. The zero-order valence-corrected chi connectivity index (χ0v) is 19.9. The van der Waals surface area contributed by atoms with E-state index in [9.17, 15) is 10.4 Å². The first-order valence-electron chi connectivity index (χ1n) is 10.5. The Hall–Kier alpha value is -2.42. The molecule has 0 bridgehead atoms. The number of methoxy groups -OCH3 is 2. The van der Waals surface area contributed by atoms with Crippen molar-refractivity contribution in [3.8, 4) is 17.6 Å². The van der Waals surface area contributed by atoms with E-state index in [-0.39, 0.29) is 11.2 Å². The molecular formula is C26H33NO3S. The lowest BCUT2D eigenvalue weighted by Gasteiger charge is -2.29. The molecule has 166 valence electrons. The lowest BCUT2D eigenvalue weighted by molar-refractivity contribution is 0.0754. The molecule has 2 aromatic rings. The molecule has 0 fully saturated rings. The van der Waals surface area contributed by atoms with Crippen molar-refractivity contribution < 1.29 is 14.6 Å². The fourth-order valence-electron chi connectivity index (χ4n) is 3.41. The van der Waals surface area contributed by atoms with Gasteiger partial charge in [-0.2, -0.15) is 5.26 Å². The maximum atomic E-state index is 10.7. The summed E-state index contributed by atoms with van der Waals surface area (Å²) in [6.07, 6.45) is 4.33. The second kappa shape index (κ2) is 11.8. The number of rotatable bonds is 11. The third kappa shape index (κ3) is 7.97. The molecule has 2 unspecified atom stereocenters. The third-order valence-electron chi connectivity index (χ3n) is 5.17. The smallest absolute Gasteiger partial charge is 0.160 e. The molecule has 2 aromatic carbocycles. The molecule has 31 heavy (non-hydrogen) atoms. The van der Waals surface area contributed by atoms with Crippen LogP contribution >= 0.6 is 11.8 Å². The van der Waals surface area contributed by atoms with Gasteiger partial charge in [0.25, 0.3) is 0 Å². The molecule has 4 nitrogen and oxygen atoms in total. The molecule has 0 heterocycles. The van der Waals surface area contributed by atoms with Gasteiger partial charge >= 0.3 is 0 Å². The van der Waals surface area contributed by atoms with E-state index in [1.807, 2.05) is 56.3 Å². The van der Waals surface area contributed by atoms with Crippen LogP contribution in [0.4, 0.5) is 0 Å². The highest BCUT2D eigenvalue weighted by atomic mass is 32.2. The van der Waals surface area contributed by atoms with Crippen LogP contribution in [0.25, 0.3) is 0 Å². The van der Waals surface area contributed by atoms with Crippen LogP contribution in [0, 0.1) is 17.2 Å². The van der Waals surface area contributed by atoms with Crippen LogP contribution in [-0.4, -0.2) is 30.2 Å². The Kier molecular flexibility index (Phi) is 9.48. The minimum absolute atomic E-state index is 0.0598. The van der Waals surface area contributed by atoms with Crippen molar-refractivity contribution in [3.63, 3.8) is 0 Å². The van der Waals surface area contributed by atoms with Gasteiger partial charge in [0, 0.05) is 10.1 Å². The molecule has 0 aliphatic rings. The van der Waals surface area contributed by atoms with Gasteiger partial charge in [-0.05, 0) is 69.9 Å². The molecule has 5 heteroatoms. The van der Waals surface area contributed by atoms with Gasteiger partial charge in [-0.25, -0.2) is 0 Å². The summed E-state index contributed by atoms with van der Waals surface area (Å²) in [6.45, 7) is 5.79. The van der Waals surface area contributed by atoms with Gasteiger partial charge < -0.3 is 14.6 Å². The second-order valence-corrected chi connectivity index (χ2v) is 9.53. The first-order chi connectivity index (χ1) is 14.8. The van der Waals surface area contributed by atoms with Crippen LogP contribution in [0.3, 0.4) is 0 Å². The van der Waals surface area contributed by atoms with Crippen LogP contribution < -0.4 is 9.47 Å². The van der Waals surface area contributed by atoms with Crippen molar-refractivity contribution >= 4 is 11.8 Å². The quantitative estimate of drug-likeness (QED) is 0.341. The van der Waals surface area contributed by atoms with E-state index in [0.29, 0.717) is 17.9 Å². The van der Waals surface area contributed by atoms with Crippen molar-refractivity contribution in [3.05, 3.63) is 65.7 Å². The lowest BCUT2D eigenvalue weighted by atomic mass is 9.94. The third-order valence-corrected chi connectivity index (χ3v) is 6.81. The Labute approximate surface area is 190 Å². The first-order valence-corrected chi connectivity index (χ1v) is 11.4. The molecule has 2 rings (SSSR count). The summed E-state index contributed by atoms with van der Waals surface area (Å²) in [5.41, 5.74) is 1.40. The number of allylic oxidation sites excluding steroid dienone is 2. The number of thioether (sulfide) groups is 1. The molecule has 0 saturated carbocycles. The SMILES string of the molecule is COc1ccc(CC(C#N)/C=C(\C)CCC(Sc2ccccc2)C(C)(C)O)cc1OC. The molecule has 0 aliphatic carbocycles. The summed E-state index contributed by atoms with van der Waals surface area (Å²) >= 11 is 1.70. The fourth-order valence-corrected chi connectivity index (χ4v) is 4.58. The summed E-state index contributed by atoms with van der Waals surface area (Å²) in [6, 6.07) is 18.3. The van der Waals surface area contributed by atoms with Gasteiger partial charge in [0.05, 0.1) is 31.8 Å². The van der Waals surface area contributed by atoms with E-state index >= 15 is 0 Å². The van der Waals surface area contributed by atoms with Gasteiger partial charge in [0.2, 0.25) is 0 Å². The maximum absolute atomic E-state index is 10.7. The minimum atomic E-state index is -0.797. The van der Waals surface area contributed by atoms with Crippen LogP contribution in [0.15, 0.2) is 65.1 Å². The number of benzene rings is 2. The average Bonchev–Trinajstić information content (AvgIpc) is 2.75. The number of hydrogen-bond acceptors (Lipinski definition) is 5. The van der Waals surface area contributed by atoms with E-state index in [4.69, 9.17) is 9.47 Å². The predicted molar refractivity (Wildman–Crippen MR) is 128 cm³/mol. The number of nitrogens with zero attached hydrogens (tertiary/aromatic N) is 1. The Morgan fingerprint density at radius 1 is 1.13 bits per heavy atom. The molecule has 0 radical (unpaired) electrons. The van der Waals surface area contributed by atoms with Gasteiger partial charge in [0.1, 0.15) is 0 Å². The summed E-state index contributed by atoms with van der Waals surface area (Å²) in [5.74, 6) is 1.13. The molecule has 0 saturated heterocycles. The van der Waals surface area contributed by atoms with Gasteiger partial charge in [0.15, 0.2) is 11.5 Å². The van der Waals surface area contributed by atoms with E-state index < -0.39 is 5.60 Å². The zero-order chi connectivity index (χ0) is 22.9. The van der Waals surface area contributed by atoms with Crippen molar-refractivity contribution in [2.45, 2.75) is 55.8 Å². The van der Waals surface area contributed by atoms with Crippen LogP contribution in [0.1, 0.15) is 39.2 Å². The highest BCUT2D eigenvalue weighted by Gasteiger charge is 2.27. The van der Waals surface area contributed by atoms with Gasteiger partial charge in [-0.15, -0.1) is 11.8 Å². The Morgan fingerprint density at radius 2 is 1.81 bits per heavy atom. The zero-order valence-electron chi connectivity index (χ0n) is 19.1. The molecule has 2 atom stereocenters. The van der Waals surface area contributed by atoms with Crippen molar-refractivity contribution in [1.29, 1.82) is 5.26 Å². The second-order valence-electron chi connectivity index (χ2n) is 8.25. The molecule has 0 aliphatic heterocycles. The summed E-state index contributed by atoms with van der Waals surface area (Å²) in [5, 5.41) is 20.4. The van der Waals surface area contributed by atoms with Gasteiger partial charge in [-0.1, -0.05) is 35.9 Å². The topological polar surface area (TPSA) is 62.5 Å². The van der Waals surface area contributed by atoms with Crippen molar-refractivity contribution in [2.24, 2.45) is 5.92 Å². The van der Waals surface area contributed by atoms with Crippen LogP contribution in [-0.2, 0) is 6.42 Å². The monoisotopic (exact) mass is 439 g/mol. The lowest BCUT2D eigenvalue weighted by Crippen LogP contribution is -2.33. The highest BCUT2D eigenvalue weighted by molar-refractivity contribution is 8.00. The van der Waals surface area contributed by atoms with Crippen molar-refractivity contribution in [2.75, 3.05) is 14.2 Å². The molecule has 1 N–H and O–H groups in total. The van der Waals surface area contributed by atoms with Crippen molar-refractivity contribution in [1.82, 2.24) is 0 Å². The number of hydrogen-bond donors (Lipinski definition) is 1. The Bertz CT molecular complexity index is 897. The minimum Gasteiger partial charge on any atom is -0.493 e. The Morgan fingerprint density at radius 3 is 2.39 bits per heavy atom. The molecular weight excluding hydrogens is 406 g/mol. The molecule has 0 aromatic heterocycles. The first kappa shape index (κ1) is 24.8. The number of ether oxygens (including phenoxy) is 2. The summed E-state index contributed by atoms with van der Waals surface area (Å²) in [7, 11) is 3.22. The largest absolute Gasteiger partial charge is 0.493 e. The number of nitriles is 1. The normalized spacial score (nSPS) is 13.9. The van der Waals surface area contributed by atoms with Crippen LogP contribution in [0.2, 0.25) is 0 Å². The summed E-state index contributed by atoms with van der Waals surface area (Å²) < 4.78 is 10.7. The van der Waals surface area contributed by atoms with Crippen LogP contribution in [0.5, 0.6) is 11.5 Å². The fraction of sp³-hybridized carbons (Fsp3) is 0.423.